The highest BCUT2D eigenvalue weighted by Crippen LogP contribution is 2.31. The maximum Gasteiger partial charge on any atom is 0.124 e. The molecular weight excluding hydrogens is 250 g/mol. The van der Waals surface area contributed by atoms with Gasteiger partial charge in [-0.3, -0.25) is 0 Å². The van der Waals surface area contributed by atoms with Gasteiger partial charge in [-0.15, -0.1) is 0 Å². The zero-order valence-electron chi connectivity index (χ0n) is 10.2. The third-order valence-electron chi connectivity index (χ3n) is 2.73. The van der Waals surface area contributed by atoms with E-state index in [1.165, 1.54) is 0 Å². The summed E-state index contributed by atoms with van der Waals surface area (Å²) in [6.07, 6.45) is 3.39. The minimum atomic E-state index is -0.0332. The molecular formula is C13H14ClN3O. The summed E-state index contributed by atoms with van der Waals surface area (Å²) in [5, 5.41) is 11.6. The van der Waals surface area contributed by atoms with E-state index in [0.717, 1.165) is 16.9 Å². The predicted octanol–water partition coefficient (Wildman–Crippen LogP) is 2.45. The van der Waals surface area contributed by atoms with Crippen molar-refractivity contribution in [3.8, 4) is 5.75 Å². The molecule has 1 unspecified atom stereocenters. The Morgan fingerprint density at radius 3 is 2.72 bits per heavy atom. The third kappa shape index (κ3) is 2.60. The molecule has 18 heavy (non-hydrogen) atoms. The predicted molar refractivity (Wildman–Crippen MR) is 70.9 cm³/mol. The van der Waals surface area contributed by atoms with Crippen LogP contribution in [0.1, 0.15) is 17.2 Å². The first-order chi connectivity index (χ1) is 8.76. The average molecular weight is 264 g/mol. The number of methoxy groups -OCH3 is 1. The van der Waals surface area contributed by atoms with Crippen LogP contribution in [0.2, 0.25) is 5.02 Å². The summed E-state index contributed by atoms with van der Waals surface area (Å²) in [6.45, 7) is 0. The van der Waals surface area contributed by atoms with Crippen molar-refractivity contribution in [1.82, 2.24) is 15.5 Å². The van der Waals surface area contributed by atoms with Crippen LogP contribution in [0.4, 0.5) is 0 Å². The van der Waals surface area contributed by atoms with Crippen molar-refractivity contribution in [3.05, 3.63) is 52.8 Å². The molecule has 0 aliphatic heterocycles. The minimum absolute atomic E-state index is 0.0332. The Bertz CT molecular complexity index is 519. The van der Waals surface area contributed by atoms with Gasteiger partial charge >= 0.3 is 0 Å². The van der Waals surface area contributed by atoms with Gasteiger partial charge in [0.2, 0.25) is 0 Å². The summed E-state index contributed by atoms with van der Waals surface area (Å²) in [6, 6.07) is 7.43. The van der Waals surface area contributed by atoms with E-state index in [-0.39, 0.29) is 6.04 Å². The van der Waals surface area contributed by atoms with E-state index in [0.29, 0.717) is 5.02 Å². The first-order valence-corrected chi connectivity index (χ1v) is 5.91. The molecule has 1 heterocycles. The highest BCUT2D eigenvalue weighted by atomic mass is 35.5. The van der Waals surface area contributed by atoms with Gasteiger partial charge in [-0.1, -0.05) is 11.6 Å². The maximum atomic E-state index is 6.05. The van der Waals surface area contributed by atoms with Gasteiger partial charge in [-0.05, 0) is 36.9 Å². The van der Waals surface area contributed by atoms with Gasteiger partial charge in [0.25, 0.3) is 0 Å². The minimum Gasteiger partial charge on any atom is -0.496 e. The first-order valence-electron chi connectivity index (χ1n) is 5.53. The molecule has 0 saturated heterocycles. The second kappa shape index (κ2) is 5.80. The Morgan fingerprint density at radius 1 is 1.28 bits per heavy atom. The topological polar surface area (TPSA) is 47.0 Å². The normalized spacial score (nSPS) is 12.2. The van der Waals surface area contributed by atoms with E-state index in [9.17, 15) is 0 Å². The average Bonchev–Trinajstić information content (AvgIpc) is 2.41. The van der Waals surface area contributed by atoms with Crippen molar-refractivity contribution in [2.75, 3.05) is 14.2 Å². The number of rotatable bonds is 4. The van der Waals surface area contributed by atoms with E-state index in [2.05, 4.69) is 15.5 Å². The zero-order chi connectivity index (χ0) is 13.0. The molecule has 0 radical (unpaired) electrons. The highest BCUT2D eigenvalue weighted by Gasteiger charge is 2.17. The van der Waals surface area contributed by atoms with Crippen molar-refractivity contribution < 1.29 is 4.74 Å². The van der Waals surface area contributed by atoms with Crippen LogP contribution >= 0.6 is 11.6 Å². The van der Waals surface area contributed by atoms with E-state index in [1.807, 2.05) is 25.2 Å². The maximum absolute atomic E-state index is 6.05. The fraction of sp³-hybridized carbons (Fsp3) is 0.231. The van der Waals surface area contributed by atoms with Crippen LogP contribution in [0.25, 0.3) is 0 Å². The molecule has 1 aromatic carbocycles. The molecule has 0 amide bonds. The second-order valence-corrected chi connectivity index (χ2v) is 4.22. The summed E-state index contributed by atoms with van der Waals surface area (Å²) >= 11 is 6.05. The van der Waals surface area contributed by atoms with E-state index >= 15 is 0 Å². The van der Waals surface area contributed by atoms with Crippen LogP contribution in [-0.4, -0.2) is 24.4 Å². The van der Waals surface area contributed by atoms with Crippen LogP contribution in [0, 0.1) is 0 Å². The molecule has 0 spiro atoms. The second-order valence-electron chi connectivity index (χ2n) is 3.78. The van der Waals surface area contributed by atoms with Gasteiger partial charge in [-0.2, -0.15) is 10.2 Å². The molecule has 0 saturated carbocycles. The molecule has 0 fully saturated rings. The molecule has 1 aromatic heterocycles. The van der Waals surface area contributed by atoms with E-state index in [4.69, 9.17) is 16.3 Å². The summed E-state index contributed by atoms with van der Waals surface area (Å²) in [7, 11) is 3.52. The van der Waals surface area contributed by atoms with Gasteiger partial charge in [-0.25, -0.2) is 0 Å². The van der Waals surface area contributed by atoms with Crippen LogP contribution in [0.3, 0.4) is 0 Å². The van der Waals surface area contributed by atoms with Crippen LogP contribution in [0.15, 0.2) is 36.7 Å². The van der Waals surface area contributed by atoms with E-state index in [1.54, 1.807) is 25.6 Å². The Kier molecular flexibility index (Phi) is 4.12. The largest absolute Gasteiger partial charge is 0.496 e. The molecule has 1 atom stereocenters. The van der Waals surface area contributed by atoms with Crippen LogP contribution in [-0.2, 0) is 0 Å². The van der Waals surface area contributed by atoms with Crippen molar-refractivity contribution in [2.24, 2.45) is 0 Å². The molecule has 2 aromatic rings. The SMILES string of the molecule is CNC(c1ccnnc1)c1cc(Cl)ccc1OC. The number of hydrogen-bond donors (Lipinski definition) is 1. The fourth-order valence-electron chi connectivity index (χ4n) is 1.90. The number of ether oxygens (including phenoxy) is 1. The van der Waals surface area contributed by atoms with Crippen LogP contribution < -0.4 is 10.1 Å². The number of halogens is 1. The molecule has 0 bridgehead atoms. The quantitative estimate of drug-likeness (QED) is 0.920. The summed E-state index contributed by atoms with van der Waals surface area (Å²) in [5.41, 5.74) is 1.98. The lowest BCUT2D eigenvalue weighted by molar-refractivity contribution is 0.405. The first kappa shape index (κ1) is 12.8. The Morgan fingerprint density at radius 2 is 2.11 bits per heavy atom. The number of nitrogens with zero attached hydrogens (tertiary/aromatic N) is 2. The molecule has 5 heteroatoms. The number of nitrogens with one attached hydrogen (secondary N) is 1. The van der Waals surface area contributed by atoms with Gasteiger partial charge in [0.05, 0.1) is 19.3 Å². The summed E-state index contributed by atoms with van der Waals surface area (Å²) in [4.78, 5) is 0. The molecule has 4 nitrogen and oxygen atoms in total. The van der Waals surface area contributed by atoms with Gasteiger partial charge in [0.15, 0.2) is 0 Å². The molecule has 0 aliphatic rings. The smallest absolute Gasteiger partial charge is 0.124 e. The van der Waals surface area contributed by atoms with Gasteiger partial charge in [0.1, 0.15) is 5.75 Å². The van der Waals surface area contributed by atoms with Crippen LogP contribution in [0.5, 0.6) is 5.75 Å². The number of hydrogen-bond acceptors (Lipinski definition) is 4. The zero-order valence-corrected chi connectivity index (χ0v) is 11.0. The molecule has 94 valence electrons. The lowest BCUT2D eigenvalue weighted by atomic mass is 10.00. The summed E-state index contributed by atoms with van der Waals surface area (Å²) < 4.78 is 5.37. The van der Waals surface area contributed by atoms with Gasteiger partial charge in [0, 0.05) is 16.8 Å². The standard InChI is InChI=1S/C13H14ClN3O/c1-15-13(9-5-6-16-17-8-9)11-7-10(14)3-4-12(11)18-2/h3-8,13,15H,1-2H3. The number of aromatic nitrogens is 2. The Labute approximate surface area is 111 Å². The van der Waals surface area contributed by atoms with Crippen molar-refractivity contribution in [3.63, 3.8) is 0 Å². The number of benzene rings is 1. The van der Waals surface area contributed by atoms with Crippen molar-refractivity contribution in [2.45, 2.75) is 6.04 Å². The van der Waals surface area contributed by atoms with Gasteiger partial charge < -0.3 is 10.1 Å². The van der Waals surface area contributed by atoms with Crippen molar-refractivity contribution >= 4 is 11.6 Å². The lowest BCUT2D eigenvalue weighted by Crippen LogP contribution is -2.18. The molecule has 0 aliphatic carbocycles. The lowest BCUT2D eigenvalue weighted by Gasteiger charge is -2.19. The monoisotopic (exact) mass is 263 g/mol. The Balaban J connectivity index is 2.48. The fourth-order valence-corrected chi connectivity index (χ4v) is 2.08. The van der Waals surface area contributed by atoms with E-state index < -0.39 is 0 Å². The van der Waals surface area contributed by atoms with Crippen molar-refractivity contribution in [1.29, 1.82) is 0 Å². The molecule has 1 N–H and O–H groups in total. The third-order valence-corrected chi connectivity index (χ3v) is 2.97. The summed E-state index contributed by atoms with van der Waals surface area (Å²) in [5.74, 6) is 0.788. The Hall–Kier alpha value is -1.65. The molecule has 2 rings (SSSR count). The highest BCUT2D eigenvalue weighted by molar-refractivity contribution is 6.30.